The van der Waals surface area contributed by atoms with Crippen LogP contribution in [0, 0.1) is 5.92 Å². The number of carbonyl (C=O) groups excluding carboxylic acids is 2. The van der Waals surface area contributed by atoms with Gasteiger partial charge in [0.05, 0.1) is 12.3 Å². The monoisotopic (exact) mass is 527 g/mol. The lowest BCUT2D eigenvalue weighted by Crippen LogP contribution is -2.50. The van der Waals surface area contributed by atoms with Gasteiger partial charge in [0.25, 0.3) is 0 Å². The molecule has 2 amide bonds. The van der Waals surface area contributed by atoms with Crippen LogP contribution in [0.1, 0.15) is 45.7 Å². The fourth-order valence-electron chi connectivity index (χ4n) is 5.26. The summed E-state index contributed by atoms with van der Waals surface area (Å²) in [6.07, 6.45) is 1.86. The number of hydrogen-bond donors (Lipinski definition) is 2. The van der Waals surface area contributed by atoms with Gasteiger partial charge in [0.1, 0.15) is 0 Å². The zero-order chi connectivity index (χ0) is 26.9. The third-order valence-corrected chi connectivity index (χ3v) is 7.59. The number of amides is 2. The number of nitrogens with zero attached hydrogens (tertiary/aromatic N) is 3. The Balaban J connectivity index is 1.58. The molecule has 2 atom stereocenters. The SMILES string of the molecule is CC(=O)N1c2ccc(N3CCN(C(=O)C(C)C)CC3)cc2C(Nc2ccc(NS(C)(=O)=O)cc2)CC1C. The van der Waals surface area contributed by atoms with Crippen molar-refractivity contribution in [2.24, 2.45) is 5.92 Å². The molecule has 2 aromatic carbocycles. The zero-order valence-electron chi connectivity index (χ0n) is 22.2. The van der Waals surface area contributed by atoms with Crippen LogP contribution in [0.5, 0.6) is 0 Å². The number of carbonyl (C=O) groups is 2. The van der Waals surface area contributed by atoms with E-state index in [1.807, 2.05) is 41.8 Å². The van der Waals surface area contributed by atoms with Crippen LogP contribution in [0.3, 0.4) is 0 Å². The van der Waals surface area contributed by atoms with Crippen LogP contribution in [0.4, 0.5) is 22.7 Å². The topological polar surface area (TPSA) is 102 Å². The molecule has 0 radical (unpaired) electrons. The molecule has 1 fully saturated rings. The molecular formula is C27H37N5O4S. The van der Waals surface area contributed by atoms with Gasteiger partial charge in [0, 0.05) is 73.4 Å². The Hall–Kier alpha value is -3.27. The number of fused-ring (bicyclic) bond motifs is 1. The maximum absolute atomic E-state index is 12.5. The van der Waals surface area contributed by atoms with Gasteiger partial charge in [-0.3, -0.25) is 14.3 Å². The Kier molecular flexibility index (Phi) is 7.68. The van der Waals surface area contributed by atoms with E-state index in [9.17, 15) is 18.0 Å². The predicted octanol–water partition coefficient (Wildman–Crippen LogP) is 3.66. The molecule has 37 heavy (non-hydrogen) atoms. The molecule has 9 nitrogen and oxygen atoms in total. The highest BCUT2D eigenvalue weighted by atomic mass is 32.2. The molecule has 2 aliphatic heterocycles. The average molecular weight is 528 g/mol. The van der Waals surface area contributed by atoms with E-state index in [0.29, 0.717) is 18.8 Å². The molecule has 0 spiro atoms. The summed E-state index contributed by atoms with van der Waals surface area (Å²) in [5.41, 5.74) is 4.39. The Bertz CT molecular complexity index is 1250. The molecule has 10 heteroatoms. The molecule has 2 aromatic rings. The molecule has 2 unspecified atom stereocenters. The lowest BCUT2D eigenvalue weighted by atomic mass is 9.90. The van der Waals surface area contributed by atoms with Gasteiger partial charge in [-0.05, 0) is 55.8 Å². The third-order valence-electron chi connectivity index (χ3n) is 6.98. The summed E-state index contributed by atoms with van der Waals surface area (Å²) in [7, 11) is -3.34. The van der Waals surface area contributed by atoms with Gasteiger partial charge >= 0.3 is 0 Å². The van der Waals surface area contributed by atoms with Crippen molar-refractivity contribution < 1.29 is 18.0 Å². The minimum absolute atomic E-state index is 0.00194. The molecule has 0 aromatic heterocycles. The fourth-order valence-corrected chi connectivity index (χ4v) is 5.83. The normalized spacial score (nSPS) is 20.0. The van der Waals surface area contributed by atoms with Crippen molar-refractivity contribution in [1.82, 2.24) is 4.90 Å². The van der Waals surface area contributed by atoms with Crippen molar-refractivity contribution in [2.45, 2.75) is 46.2 Å². The first-order valence-electron chi connectivity index (χ1n) is 12.7. The number of benzene rings is 2. The van der Waals surface area contributed by atoms with Crippen LogP contribution in [-0.4, -0.2) is 63.6 Å². The molecule has 0 saturated carbocycles. The van der Waals surface area contributed by atoms with Gasteiger partial charge in [0.2, 0.25) is 21.8 Å². The van der Waals surface area contributed by atoms with E-state index in [0.717, 1.165) is 48.4 Å². The van der Waals surface area contributed by atoms with Crippen molar-refractivity contribution in [3.8, 4) is 0 Å². The van der Waals surface area contributed by atoms with Gasteiger partial charge in [-0.15, -0.1) is 0 Å². The van der Waals surface area contributed by atoms with Crippen molar-refractivity contribution in [3.63, 3.8) is 0 Å². The molecule has 1 saturated heterocycles. The van der Waals surface area contributed by atoms with Crippen LogP contribution in [-0.2, 0) is 19.6 Å². The molecule has 0 bridgehead atoms. The van der Waals surface area contributed by atoms with Crippen LogP contribution in [0.15, 0.2) is 42.5 Å². The van der Waals surface area contributed by atoms with Crippen LogP contribution >= 0.6 is 0 Å². The average Bonchev–Trinajstić information content (AvgIpc) is 2.83. The van der Waals surface area contributed by atoms with E-state index in [1.54, 1.807) is 19.1 Å². The van der Waals surface area contributed by atoms with Crippen LogP contribution in [0.25, 0.3) is 0 Å². The van der Waals surface area contributed by atoms with E-state index in [4.69, 9.17) is 0 Å². The number of sulfonamides is 1. The lowest BCUT2D eigenvalue weighted by Gasteiger charge is -2.41. The molecular weight excluding hydrogens is 490 g/mol. The Labute approximate surface area is 219 Å². The Morgan fingerprint density at radius 1 is 0.973 bits per heavy atom. The molecule has 2 heterocycles. The molecule has 2 N–H and O–H groups in total. The highest BCUT2D eigenvalue weighted by molar-refractivity contribution is 7.92. The summed E-state index contributed by atoms with van der Waals surface area (Å²) in [4.78, 5) is 31.0. The van der Waals surface area contributed by atoms with E-state index >= 15 is 0 Å². The van der Waals surface area contributed by atoms with E-state index < -0.39 is 10.0 Å². The van der Waals surface area contributed by atoms with E-state index in [-0.39, 0.29) is 29.8 Å². The maximum Gasteiger partial charge on any atom is 0.229 e. The number of rotatable bonds is 6. The Morgan fingerprint density at radius 3 is 2.16 bits per heavy atom. The van der Waals surface area contributed by atoms with Gasteiger partial charge in [-0.1, -0.05) is 13.8 Å². The lowest BCUT2D eigenvalue weighted by molar-refractivity contribution is -0.134. The second-order valence-electron chi connectivity index (χ2n) is 10.3. The largest absolute Gasteiger partial charge is 0.378 e. The van der Waals surface area contributed by atoms with E-state index in [1.165, 1.54) is 0 Å². The summed E-state index contributed by atoms with van der Waals surface area (Å²) in [6, 6.07) is 13.4. The predicted molar refractivity (Wildman–Crippen MR) is 149 cm³/mol. The second-order valence-corrected chi connectivity index (χ2v) is 12.1. The number of nitrogens with one attached hydrogen (secondary N) is 2. The smallest absolute Gasteiger partial charge is 0.229 e. The summed E-state index contributed by atoms with van der Waals surface area (Å²) in [6.45, 7) is 10.4. The van der Waals surface area contributed by atoms with E-state index in [2.05, 4.69) is 34.0 Å². The second kappa shape index (κ2) is 10.6. The van der Waals surface area contributed by atoms with Gasteiger partial charge < -0.3 is 20.0 Å². The van der Waals surface area contributed by atoms with Gasteiger partial charge in [0.15, 0.2) is 0 Å². The van der Waals surface area contributed by atoms with Crippen molar-refractivity contribution in [2.75, 3.05) is 52.3 Å². The highest BCUT2D eigenvalue weighted by Crippen LogP contribution is 2.41. The standard InChI is InChI=1S/C27H37N5O4S/c1-18(2)27(34)31-14-12-30(13-15-31)23-10-11-26-24(17-23)25(16-19(3)32(26)20(4)33)28-21-6-8-22(9-7-21)29-37(5,35)36/h6-11,17-19,25,28-29H,12-16H2,1-5H3. The zero-order valence-corrected chi connectivity index (χ0v) is 23.0. The summed E-state index contributed by atoms with van der Waals surface area (Å²) >= 11 is 0. The highest BCUT2D eigenvalue weighted by Gasteiger charge is 2.33. The molecule has 4 rings (SSSR count). The summed E-state index contributed by atoms with van der Waals surface area (Å²) in [5, 5.41) is 3.59. The quantitative estimate of drug-likeness (QED) is 0.595. The number of anilines is 4. The first kappa shape index (κ1) is 26.8. The van der Waals surface area contributed by atoms with Crippen LogP contribution < -0.4 is 19.8 Å². The van der Waals surface area contributed by atoms with Crippen molar-refractivity contribution in [1.29, 1.82) is 0 Å². The first-order valence-corrected chi connectivity index (χ1v) is 14.6. The number of hydrogen-bond acceptors (Lipinski definition) is 6. The fraction of sp³-hybridized carbons (Fsp3) is 0.481. The first-order chi connectivity index (χ1) is 17.4. The van der Waals surface area contributed by atoms with Crippen LogP contribution in [0.2, 0.25) is 0 Å². The van der Waals surface area contributed by atoms with Crippen molar-refractivity contribution in [3.05, 3.63) is 48.0 Å². The third kappa shape index (κ3) is 6.18. The molecule has 0 aliphatic carbocycles. The number of piperazine rings is 1. The Morgan fingerprint density at radius 2 is 1.59 bits per heavy atom. The van der Waals surface area contributed by atoms with Gasteiger partial charge in [-0.25, -0.2) is 8.42 Å². The van der Waals surface area contributed by atoms with Crippen molar-refractivity contribution >= 4 is 44.6 Å². The summed E-state index contributed by atoms with van der Waals surface area (Å²) < 4.78 is 25.5. The molecule has 2 aliphatic rings. The van der Waals surface area contributed by atoms with Gasteiger partial charge in [-0.2, -0.15) is 0 Å². The maximum atomic E-state index is 12.5. The minimum Gasteiger partial charge on any atom is -0.378 e. The summed E-state index contributed by atoms with van der Waals surface area (Å²) in [5.74, 6) is 0.202. The minimum atomic E-state index is -3.34. The molecule has 200 valence electrons.